The van der Waals surface area contributed by atoms with Gasteiger partial charge in [0.25, 0.3) is 0 Å². The molecule has 1 aromatic heterocycles. The van der Waals surface area contributed by atoms with Crippen molar-refractivity contribution in [2.75, 3.05) is 5.73 Å². The van der Waals surface area contributed by atoms with Crippen molar-refractivity contribution < 1.29 is 9.90 Å². The van der Waals surface area contributed by atoms with Crippen LogP contribution in [-0.4, -0.2) is 26.3 Å². The van der Waals surface area contributed by atoms with Crippen molar-refractivity contribution in [3.63, 3.8) is 0 Å². The Kier molecular flexibility index (Phi) is 1.68. The molecule has 0 aliphatic heterocycles. The number of aliphatic carboxylic acids is 1. The Balaban J connectivity index is 2.14. The molecule has 0 saturated heterocycles. The zero-order chi connectivity index (χ0) is 9.42. The zero-order valence-corrected chi connectivity index (χ0v) is 6.90. The number of carboxylic acid groups (broad SMARTS) is 1. The smallest absolute Gasteiger partial charge is 0.307 e. The molecule has 6 heteroatoms. The second kappa shape index (κ2) is 2.72. The number of anilines is 1. The van der Waals surface area contributed by atoms with Crippen molar-refractivity contribution >= 4 is 11.9 Å². The predicted octanol–water partition coefficient (Wildman–Crippen LogP) is -0.0349. The van der Waals surface area contributed by atoms with Gasteiger partial charge in [-0.1, -0.05) is 0 Å². The SMILES string of the molecule is Nc1n[nH]c([C@@H]2CC[C@@H]2C(=O)O)n1. The number of hydrogen-bond acceptors (Lipinski definition) is 4. The van der Waals surface area contributed by atoms with Crippen LogP contribution in [0, 0.1) is 5.92 Å². The van der Waals surface area contributed by atoms with Crippen LogP contribution >= 0.6 is 0 Å². The summed E-state index contributed by atoms with van der Waals surface area (Å²) in [5.41, 5.74) is 5.32. The third-order valence-corrected chi connectivity index (χ3v) is 2.46. The van der Waals surface area contributed by atoms with Crippen LogP contribution in [0.4, 0.5) is 5.95 Å². The van der Waals surface area contributed by atoms with Gasteiger partial charge in [0.1, 0.15) is 5.82 Å². The monoisotopic (exact) mass is 182 g/mol. The largest absolute Gasteiger partial charge is 0.481 e. The van der Waals surface area contributed by atoms with Crippen molar-refractivity contribution in [3.05, 3.63) is 5.82 Å². The summed E-state index contributed by atoms with van der Waals surface area (Å²) in [4.78, 5) is 14.6. The first-order chi connectivity index (χ1) is 6.18. The number of aromatic amines is 1. The van der Waals surface area contributed by atoms with E-state index in [-0.39, 0.29) is 17.8 Å². The molecule has 0 spiro atoms. The van der Waals surface area contributed by atoms with Gasteiger partial charge in [0.15, 0.2) is 0 Å². The quantitative estimate of drug-likeness (QED) is 0.595. The van der Waals surface area contributed by atoms with Gasteiger partial charge in [0.2, 0.25) is 5.95 Å². The molecule has 4 N–H and O–H groups in total. The average molecular weight is 182 g/mol. The van der Waals surface area contributed by atoms with E-state index < -0.39 is 5.97 Å². The lowest BCUT2D eigenvalue weighted by Gasteiger charge is -2.31. The normalized spacial score (nSPS) is 26.8. The van der Waals surface area contributed by atoms with E-state index in [2.05, 4.69) is 15.2 Å². The molecule has 2 rings (SSSR count). The minimum absolute atomic E-state index is 0.0395. The van der Waals surface area contributed by atoms with Crippen LogP contribution < -0.4 is 5.73 Å². The summed E-state index contributed by atoms with van der Waals surface area (Å²) in [6, 6.07) is 0. The van der Waals surface area contributed by atoms with Gasteiger partial charge in [-0.2, -0.15) is 4.98 Å². The van der Waals surface area contributed by atoms with Crippen LogP contribution in [0.2, 0.25) is 0 Å². The molecule has 0 amide bonds. The summed E-state index contributed by atoms with van der Waals surface area (Å²) in [7, 11) is 0. The lowest BCUT2D eigenvalue weighted by molar-refractivity contribution is -0.145. The number of aromatic nitrogens is 3. The highest BCUT2D eigenvalue weighted by Gasteiger charge is 2.39. The number of H-pyrrole nitrogens is 1. The molecule has 1 aromatic rings. The Morgan fingerprint density at radius 3 is 2.77 bits per heavy atom. The molecule has 0 bridgehead atoms. The Bertz CT molecular complexity index is 335. The fraction of sp³-hybridized carbons (Fsp3) is 0.571. The van der Waals surface area contributed by atoms with Crippen molar-refractivity contribution in [2.45, 2.75) is 18.8 Å². The van der Waals surface area contributed by atoms with E-state index in [0.29, 0.717) is 12.2 Å². The Morgan fingerprint density at radius 1 is 1.62 bits per heavy atom. The van der Waals surface area contributed by atoms with Gasteiger partial charge in [-0.25, -0.2) is 0 Å². The highest BCUT2D eigenvalue weighted by atomic mass is 16.4. The highest BCUT2D eigenvalue weighted by Crippen LogP contribution is 2.41. The van der Waals surface area contributed by atoms with Crippen molar-refractivity contribution in [2.24, 2.45) is 5.92 Å². The van der Waals surface area contributed by atoms with Gasteiger partial charge in [0.05, 0.1) is 5.92 Å². The summed E-state index contributed by atoms with van der Waals surface area (Å²) in [5.74, 6) is -0.372. The van der Waals surface area contributed by atoms with Crippen LogP contribution in [0.5, 0.6) is 0 Å². The number of nitrogen functional groups attached to an aromatic ring is 1. The molecule has 2 atom stereocenters. The van der Waals surface area contributed by atoms with E-state index >= 15 is 0 Å². The third-order valence-electron chi connectivity index (χ3n) is 2.46. The molecule has 6 nitrogen and oxygen atoms in total. The zero-order valence-electron chi connectivity index (χ0n) is 6.90. The standard InChI is InChI=1S/C7H10N4O2/c8-7-9-5(10-11-7)3-1-2-4(3)6(12)13/h3-4H,1-2H2,(H,12,13)(H3,8,9,10,11)/t3-,4+/m1/s1. The van der Waals surface area contributed by atoms with Crippen molar-refractivity contribution in [1.29, 1.82) is 0 Å². The topological polar surface area (TPSA) is 105 Å². The molecule has 1 saturated carbocycles. The number of hydrogen-bond donors (Lipinski definition) is 3. The Hall–Kier alpha value is -1.59. The summed E-state index contributed by atoms with van der Waals surface area (Å²) in [6.07, 6.45) is 1.55. The first kappa shape index (κ1) is 8.03. The van der Waals surface area contributed by atoms with E-state index in [1.54, 1.807) is 0 Å². The van der Waals surface area contributed by atoms with E-state index in [1.165, 1.54) is 0 Å². The van der Waals surface area contributed by atoms with Crippen molar-refractivity contribution in [3.8, 4) is 0 Å². The number of nitrogens with zero attached hydrogens (tertiary/aromatic N) is 2. The molecule has 1 fully saturated rings. The van der Waals surface area contributed by atoms with Gasteiger partial charge in [0, 0.05) is 5.92 Å². The molecule has 70 valence electrons. The van der Waals surface area contributed by atoms with Gasteiger partial charge >= 0.3 is 5.97 Å². The van der Waals surface area contributed by atoms with Gasteiger partial charge in [-0.15, -0.1) is 5.10 Å². The number of carbonyl (C=O) groups is 1. The number of carboxylic acids is 1. The molecule has 13 heavy (non-hydrogen) atoms. The molecule has 0 aromatic carbocycles. The number of rotatable bonds is 2. The third kappa shape index (κ3) is 1.24. The lowest BCUT2D eigenvalue weighted by Crippen LogP contribution is -2.31. The first-order valence-corrected chi connectivity index (χ1v) is 4.09. The van der Waals surface area contributed by atoms with E-state index in [1.807, 2.05) is 0 Å². The minimum Gasteiger partial charge on any atom is -0.481 e. The highest BCUT2D eigenvalue weighted by molar-refractivity contribution is 5.72. The summed E-state index contributed by atoms with van der Waals surface area (Å²) in [5, 5.41) is 15.1. The van der Waals surface area contributed by atoms with Crippen LogP contribution in [-0.2, 0) is 4.79 Å². The van der Waals surface area contributed by atoms with Crippen molar-refractivity contribution in [1.82, 2.24) is 15.2 Å². The van der Waals surface area contributed by atoms with E-state index in [9.17, 15) is 4.79 Å². The molecule has 0 radical (unpaired) electrons. The Labute approximate surface area is 74.2 Å². The summed E-state index contributed by atoms with van der Waals surface area (Å²) < 4.78 is 0. The fourth-order valence-electron chi connectivity index (χ4n) is 1.58. The first-order valence-electron chi connectivity index (χ1n) is 4.09. The summed E-state index contributed by atoms with van der Waals surface area (Å²) >= 11 is 0. The number of nitrogens with one attached hydrogen (secondary N) is 1. The maximum Gasteiger partial charge on any atom is 0.307 e. The average Bonchev–Trinajstić information content (AvgIpc) is 2.32. The van der Waals surface area contributed by atoms with Crippen LogP contribution in [0.3, 0.4) is 0 Å². The molecule has 0 unspecified atom stereocenters. The summed E-state index contributed by atoms with van der Waals surface area (Å²) in [6.45, 7) is 0. The van der Waals surface area contributed by atoms with E-state index in [0.717, 1.165) is 6.42 Å². The fourth-order valence-corrected chi connectivity index (χ4v) is 1.58. The van der Waals surface area contributed by atoms with Crippen LogP contribution in [0.15, 0.2) is 0 Å². The second-order valence-corrected chi connectivity index (χ2v) is 3.21. The van der Waals surface area contributed by atoms with Crippen LogP contribution in [0.25, 0.3) is 0 Å². The molecule has 1 aliphatic carbocycles. The van der Waals surface area contributed by atoms with Crippen LogP contribution in [0.1, 0.15) is 24.6 Å². The van der Waals surface area contributed by atoms with Gasteiger partial charge in [-0.05, 0) is 12.8 Å². The molecule has 1 aliphatic rings. The maximum atomic E-state index is 10.7. The second-order valence-electron chi connectivity index (χ2n) is 3.21. The lowest BCUT2D eigenvalue weighted by atomic mass is 9.73. The number of nitrogens with two attached hydrogens (primary N) is 1. The molecular formula is C7H10N4O2. The van der Waals surface area contributed by atoms with Gasteiger partial charge in [-0.3, -0.25) is 9.89 Å². The molecular weight excluding hydrogens is 172 g/mol. The predicted molar refractivity (Wildman–Crippen MR) is 43.9 cm³/mol. The minimum atomic E-state index is -0.772. The van der Waals surface area contributed by atoms with E-state index in [4.69, 9.17) is 10.8 Å². The van der Waals surface area contributed by atoms with Gasteiger partial charge < -0.3 is 10.8 Å². The molecule has 1 heterocycles. The Morgan fingerprint density at radius 2 is 2.38 bits per heavy atom. The maximum absolute atomic E-state index is 10.7.